The number of carbonyl (C=O) groups is 2. The minimum atomic E-state index is -0.964. The predicted octanol–water partition coefficient (Wildman–Crippen LogP) is 4.67. The minimum absolute atomic E-state index is 0.0921. The molecule has 0 radical (unpaired) electrons. The van der Waals surface area contributed by atoms with Crippen LogP contribution in [0.1, 0.15) is 77.6 Å². The van der Waals surface area contributed by atoms with Crippen molar-refractivity contribution < 1.29 is 19.8 Å². The first-order chi connectivity index (χ1) is 12.9. The highest BCUT2D eigenvalue weighted by atomic mass is 16.4. The maximum atomic E-state index is 12.2. The van der Waals surface area contributed by atoms with Gasteiger partial charge in [0, 0.05) is 24.8 Å². The van der Waals surface area contributed by atoms with Crippen molar-refractivity contribution in [1.29, 1.82) is 0 Å². The molecule has 0 saturated heterocycles. The van der Waals surface area contributed by atoms with Gasteiger partial charge in [-0.25, -0.2) is 4.79 Å². The molecule has 0 heterocycles. The molecule has 1 aliphatic rings. The molecule has 0 amide bonds. The second-order valence-electron chi connectivity index (χ2n) is 7.68. The molecule has 150 valence electrons. The summed E-state index contributed by atoms with van der Waals surface area (Å²) in [5.74, 6) is 2.47. The van der Waals surface area contributed by atoms with Gasteiger partial charge in [-0.3, -0.25) is 4.79 Å². The average molecular weight is 375 g/mol. The van der Waals surface area contributed by atoms with E-state index in [9.17, 15) is 14.7 Å². The number of Topliss-reactive ketones (excluding diaryl/α,β-unsaturated/α-hetero) is 1. The highest BCUT2D eigenvalue weighted by Gasteiger charge is 2.34. The number of hydrogen-bond donors (Lipinski definition) is 2. The molecule has 1 unspecified atom stereocenters. The van der Waals surface area contributed by atoms with Gasteiger partial charge in [-0.05, 0) is 44.4 Å². The summed E-state index contributed by atoms with van der Waals surface area (Å²) in [6.45, 7) is 2.11. The fraction of sp³-hybridized carbons (Fsp3) is 0.652. The fourth-order valence-electron chi connectivity index (χ4n) is 4.00. The zero-order valence-corrected chi connectivity index (χ0v) is 16.5. The van der Waals surface area contributed by atoms with Crippen LogP contribution in [0.3, 0.4) is 0 Å². The molecule has 1 fully saturated rings. The Bertz CT molecular complexity index is 569. The monoisotopic (exact) mass is 374 g/mol. The molecule has 0 aliphatic heterocycles. The van der Waals surface area contributed by atoms with Gasteiger partial charge in [0.1, 0.15) is 5.78 Å². The summed E-state index contributed by atoms with van der Waals surface area (Å²) in [4.78, 5) is 22.6. The van der Waals surface area contributed by atoms with Crippen molar-refractivity contribution in [2.24, 2.45) is 11.8 Å². The molecule has 2 N–H and O–H groups in total. The van der Waals surface area contributed by atoms with Crippen molar-refractivity contribution in [3.05, 3.63) is 24.3 Å². The Hall–Kier alpha value is -1.86. The van der Waals surface area contributed by atoms with Crippen molar-refractivity contribution in [2.45, 2.75) is 83.2 Å². The minimum Gasteiger partial charge on any atom is -0.478 e. The van der Waals surface area contributed by atoms with Crippen LogP contribution in [0, 0.1) is 24.2 Å². The number of unbranched alkanes of at least 4 members (excludes halogenated alkanes) is 1. The molecule has 4 heteroatoms. The number of ketones is 1. The summed E-state index contributed by atoms with van der Waals surface area (Å²) in [6, 6.07) is 0. The van der Waals surface area contributed by atoms with Crippen LogP contribution in [0.15, 0.2) is 24.3 Å². The summed E-state index contributed by atoms with van der Waals surface area (Å²) < 4.78 is 0. The summed E-state index contributed by atoms with van der Waals surface area (Å²) >= 11 is 0. The Labute approximate surface area is 163 Å². The Morgan fingerprint density at radius 2 is 2.04 bits per heavy atom. The van der Waals surface area contributed by atoms with E-state index in [1.807, 2.05) is 6.08 Å². The van der Waals surface area contributed by atoms with E-state index >= 15 is 0 Å². The van der Waals surface area contributed by atoms with Gasteiger partial charge in [-0.15, -0.1) is 12.3 Å². The smallest absolute Gasteiger partial charge is 0.328 e. The van der Waals surface area contributed by atoms with Crippen molar-refractivity contribution in [3.8, 4) is 12.3 Å². The van der Waals surface area contributed by atoms with Crippen LogP contribution < -0.4 is 0 Å². The number of aliphatic carboxylic acids is 1. The van der Waals surface area contributed by atoms with Crippen LogP contribution in [-0.2, 0) is 9.59 Å². The second-order valence-corrected chi connectivity index (χ2v) is 7.68. The zero-order chi connectivity index (χ0) is 20.1. The van der Waals surface area contributed by atoms with Gasteiger partial charge in [0.25, 0.3) is 0 Å². The largest absolute Gasteiger partial charge is 0.478 e. The molecule has 1 saturated carbocycles. The Morgan fingerprint density at radius 1 is 1.30 bits per heavy atom. The normalized spacial score (nSPS) is 22.3. The standard InChI is InChI=1S/C23H34O4/c1-3-5-17-23(27,16-4-2)18-10-11-19-14-15-21(24)20(19)12-8-6-7-9-13-22(25)26/h2,6-7,9,13,19-20,27H,3,5,8,10-12,14-18H2,1H3,(H,25,26)/t19-,20+,23?/m0/s1. The van der Waals surface area contributed by atoms with Gasteiger partial charge in [0.05, 0.1) is 5.60 Å². The van der Waals surface area contributed by atoms with Crippen LogP contribution in [0.25, 0.3) is 0 Å². The molecule has 27 heavy (non-hydrogen) atoms. The lowest BCUT2D eigenvalue weighted by atomic mass is 9.83. The molecular weight excluding hydrogens is 340 g/mol. The lowest BCUT2D eigenvalue weighted by Crippen LogP contribution is -2.28. The first-order valence-corrected chi connectivity index (χ1v) is 10.2. The summed E-state index contributed by atoms with van der Waals surface area (Å²) in [5.41, 5.74) is -0.762. The van der Waals surface area contributed by atoms with E-state index in [-0.39, 0.29) is 5.92 Å². The zero-order valence-electron chi connectivity index (χ0n) is 16.5. The van der Waals surface area contributed by atoms with E-state index in [1.165, 1.54) is 6.08 Å². The van der Waals surface area contributed by atoms with Crippen LogP contribution in [0.5, 0.6) is 0 Å². The van der Waals surface area contributed by atoms with Crippen LogP contribution in [0.4, 0.5) is 0 Å². The van der Waals surface area contributed by atoms with E-state index in [0.29, 0.717) is 31.0 Å². The predicted molar refractivity (Wildman–Crippen MR) is 108 cm³/mol. The molecule has 3 atom stereocenters. The molecule has 0 spiro atoms. The number of carbonyl (C=O) groups excluding carboxylic acids is 1. The number of hydrogen-bond acceptors (Lipinski definition) is 3. The van der Waals surface area contributed by atoms with Crippen LogP contribution in [0.2, 0.25) is 0 Å². The van der Waals surface area contributed by atoms with E-state index in [4.69, 9.17) is 11.5 Å². The molecule has 0 aromatic carbocycles. The quantitative estimate of drug-likeness (QED) is 0.279. The summed E-state index contributed by atoms with van der Waals surface area (Å²) in [6.07, 6.45) is 20.6. The van der Waals surface area contributed by atoms with Gasteiger partial charge >= 0.3 is 5.97 Å². The van der Waals surface area contributed by atoms with Gasteiger partial charge < -0.3 is 10.2 Å². The number of carboxylic acid groups (broad SMARTS) is 1. The molecule has 1 rings (SSSR count). The number of aliphatic hydroxyl groups is 1. The van der Waals surface area contributed by atoms with Crippen molar-refractivity contribution >= 4 is 11.8 Å². The van der Waals surface area contributed by atoms with Gasteiger partial charge in [0.2, 0.25) is 0 Å². The van der Waals surface area contributed by atoms with Gasteiger partial charge in [-0.2, -0.15) is 0 Å². The maximum Gasteiger partial charge on any atom is 0.328 e. The van der Waals surface area contributed by atoms with Gasteiger partial charge in [-0.1, -0.05) is 44.4 Å². The Morgan fingerprint density at radius 3 is 2.70 bits per heavy atom. The highest BCUT2D eigenvalue weighted by molar-refractivity contribution is 5.83. The first-order valence-electron chi connectivity index (χ1n) is 10.2. The Kier molecular flexibility index (Phi) is 10.7. The number of allylic oxidation sites excluding steroid dienone is 3. The van der Waals surface area contributed by atoms with Gasteiger partial charge in [0.15, 0.2) is 0 Å². The van der Waals surface area contributed by atoms with Crippen LogP contribution in [-0.4, -0.2) is 27.6 Å². The van der Waals surface area contributed by atoms with Crippen molar-refractivity contribution in [3.63, 3.8) is 0 Å². The lowest BCUT2D eigenvalue weighted by molar-refractivity contribution is -0.131. The third-order valence-electron chi connectivity index (χ3n) is 5.52. The topological polar surface area (TPSA) is 74.6 Å². The third-order valence-corrected chi connectivity index (χ3v) is 5.52. The first kappa shape index (κ1) is 23.2. The fourth-order valence-corrected chi connectivity index (χ4v) is 4.00. The lowest BCUT2D eigenvalue weighted by Gasteiger charge is -2.27. The number of rotatable bonds is 13. The maximum absolute atomic E-state index is 12.2. The SMILES string of the molecule is C#CCC(O)(CCCC)CCC[C@H]1CCC(=O)[C@@H]1CCC=CC=CC(=O)O. The number of terminal acetylenes is 1. The number of carboxylic acids is 1. The van der Waals surface area contributed by atoms with E-state index in [1.54, 1.807) is 6.08 Å². The molecular formula is C23H34O4. The highest BCUT2D eigenvalue weighted by Crippen LogP contribution is 2.37. The van der Waals surface area contributed by atoms with E-state index in [0.717, 1.165) is 57.4 Å². The molecule has 0 aromatic heterocycles. The average Bonchev–Trinajstić information content (AvgIpc) is 2.96. The van der Waals surface area contributed by atoms with Crippen molar-refractivity contribution in [2.75, 3.05) is 0 Å². The van der Waals surface area contributed by atoms with E-state index < -0.39 is 11.6 Å². The Balaban J connectivity index is 2.45. The molecule has 4 nitrogen and oxygen atoms in total. The molecule has 1 aliphatic carbocycles. The van der Waals surface area contributed by atoms with E-state index in [2.05, 4.69) is 12.8 Å². The molecule has 0 bridgehead atoms. The van der Waals surface area contributed by atoms with Crippen molar-refractivity contribution in [1.82, 2.24) is 0 Å². The second kappa shape index (κ2) is 12.5. The molecule has 0 aromatic rings. The van der Waals surface area contributed by atoms with Crippen LogP contribution >= 0.6 is 0 Å². The third kappa shape index (κ3) is 9.06. The summed E-state index contributed by atoms with van der Waals surface area (Å²) in [5, 5.41) is 19.3. The summed E-state index contributed by atoms with van der Waals surface area (Å²) in [7, 11) is 0.